The van der Waals surface area contributed by atoms with Crippen LogP contribution in [0, 0.1) is 11.6 Å². The summed E-state index contributed by atoms with van der Waals surface area (Å²) in [7, 11) is -1.04. The summed E-state index contributed by atoms with van der Waals surface area (Å²) in [6.07, 6.45) is 0. The quantitative estimate of drug-likeness (QED) is 0.788. The molecule has 0 bridgehead atoms. The highest BCUT2D eigenvalue weighted by atomic mass is 19.2. The van der Waals surface area contributed by atoms with Crippen LogP contribution in [-0.2, 0) is 15.9 Å². The van der Waals surface area contributed by atoms with E-state index in [9.17, 15) is 8.78 Å². The molecular weight excluding hydrogens is 325 g/mol. The van der Waals surface area contributed by atoms with Gasteiger partial charge < -0.3 is 14.0 Å². The molecule has 2 aromatic carbocycles. The standard InChI is InChI=1S/C19H21BF2O3/c1-18(2)19(3,4)25-20(24-18)16-15(11-10-14(21)17(16)22)23-12-13-8-6-5-7-9-13/h5-11H,12H2,1-4H3. The summed E-state index contributed by atoms with van der Waals surface area (Å²) in [6.45, 7) is 7.66. The molecule has 1 fully saturated rings. The molecule has 6 heteroatoms. The van der Waals surface area contributed by atoms with Crippen molar-refractivity contribution in [2.45, 2.75) is 45.5 Å². The van der Waals surface area contributed by atoms with E-state index in [4.69, 9.17) is 14.0 Å². The van der Waals surface area contributed by atoms with Gasteiger partial charge in [0.05, 0.1) is 16.7 Å². The second-order valence-electron chi connectivity index (χ2n) is 7.14. The maximum atomic E-state index is 14.5. The van der Waals surface area contributed by atoms with Crippen LogP contribution in [0.2, 0.25) is 0 Å². The normalized spacial score (nSPS) is 18.4. The van der Waals surface area contributed by atoms with Crippen molar-refractivity contribution in [1.82, 2.24) is 0 Å². The largest absolute Gasteiger partial charge is 0.501 e. The molecule has 25 heavy (non-hydrogen) atoms. The van der Waals surface area contributed by atoms with E-state index in [2.05, 4.69) is 0 Å². The first kappa shape index (κ1) is 17.9. The molecule has 2 aromatic rings. The van der Waals surface area contributed by atoms with Crippen LogP contribution in [0.4, 0.5) is 8.78 Å². The highest BCUT2D eigenvalue weighted by Crippen LogP contribution is 2.37. The van der Waals surface area contributed by atoms with Crippen molar-refractivity contribution in [2.24, 2.45) is 0 Å². The molecule has 132 valence electrons. The first-order valence-corrected chi connectivity index (χ1v) is 8.21. The van der Waals surface area contributed by atoms with Gasteiger partial charge in [0, 0.05) is 0 Å². The fourth-order valence-corrected chi connectivity index (χ4v) is 2.59. The molecule has 0 aromatic heterocycles. The molecule has 1 aliphatic heterocycles. The Hall–Kier alpha value is -1.92. The van der Waals surface area contributed by atoms with Crippen LogP contribution in [0.15, 0.2) is 42.5 Å². The van der Waals surface area contributed by atoms with E-state index in [-0.39, 0.29) is 17.8 Å². The average molecular weight is 346 g/mol. The van der Waals surface area contributed by atoms with Crippen LogP contribution in [0.5, 0.6) is 5.75 Å². The number of hydrogen-bond donors (Lipinski definition) is 0. The zero-order chi connectivity index (χ0) is 18.2. The molecular formula is C19H21BF2O3. The van der Waals surface area contributed by atoms with Gasteiger partial charge in [0.25, 0.3) is 0 Å². The molecule has 1 aliphatic rings. The van der Waals surface area contributed by atoms with Gasteiger partial charge in [0.2, 0.25) is 0 Å². The van der Waals surface area contributed by atoms with E-state index in [1.807, 2.05) is 58.0 Å². The van der Waals surface area contributed by atoms with Crippen LogP contribution in [-0.4, -0.2) is 18.3 Å². The van der Waals surface area contributed by atoms with E-state index in [1.54, 1.807) is 0 Å². The Morgan fingerprint density at radius 1 is 0.920 bits per heavy atom. The van der Waals surface area contributed by atoms with Crippen LogP contribution in [0.1, 0.15) is 33.3 Å². The summed E-state index contributed by atoms with van der Waals surface area (Å²) >= 11 is 0. The van der Waals surface area contributed by atoms with Gasteiger partial charge >= 0.3 is 7.12 Å². The van der Waals surface area contributed by atoms with Gasteiger partial charge in [-0.15, -0.1) is 0 Å². The number of rotatable bonds is 4. The van der Waals surface area contributed by atoms with Gasteiger partial charge in [-0.2, -0.15) is 0 Å². The number of halogens is 2. The second-order valence-corrected chi connectivity index (χ2v) is 7.14. The van der Waals surface area contributed by atoms with E-state index in [0.29, 0.717) is 0 Å². The molecule has 0 saturated carbocycles. The van der Waals surface area contributed by atoms with Crippen molar-refractivity contribution in [3.63, 3.8) is 0 Å². The lowest BCUT2D eigenvalue weighted by molar-refractivity contribution is 0.00578. The third-order valence-corrected chi connectivity index (χ3v) is 4.82. The lowest BCUT2D eigenvalue weighted by Gasteiger charge is -2.32. The summed E-state index contributed by atoms with van der Waals surface area (Å²) in [5.41, 5.74) is -0.443. The van der Waals surface area contributed by atoms with Crippen molar-refractivity contribution in [1.29, 1.82) is 0 Å². The van der Waals surface area contributed by atoms with Crippen LogP contribution >= 0.6 is 0 Å². The van der Waals surface area contributed by atoms with Crippen molar-refractivity contribution < 1.29 is 22.8 Å². The van der Waals surface area contributed by atoms with Gasteiger partial charge in [-0.1, -0.05) is 30.3 Å². The third-order valence-electron chi connectivity index (χ3n) is 4.82. The molecule has 1 heterocycles. The lowest BCUT2D eigenvalue weighted by atomic mass is 9.77. The first-order valence-electron chi connectivity index (χ1n) is 8.21. The Balaban J connectivity index is 1.92. The first-order chi connectivity index (χ1) is 11.7. The van der Waals surface area contributed by atoms with Crippen molar-refractivity contribution >= 4 is 12.6 Å². The van der Waals surface area contributed by atoms with Gasteiger partial charge in [0.15, 0.2) is 11.6 Å². The fourth-order valence-electron chi connectivity index (χ4n) is 2.59. The molecule has 0 spiro atoms. The smallest absolute Gasteiger partial charge is 0.489 e. The minimum atomic E-state index is -1.04. The lowest BCUT2D eigenvalue weighted by Crippen LogP contribution is -2.41. The van der Waals surface area contributed by atoms with E-state index < -0.39 is 30.0 Å². The molecule has 0 atom stereocenters. The zero-order valence-electron chi connectivity index (χ0n) is 14.8. The highest BCUT2D eigenvalue weighted by molar-refractivity contribution is 6.63. The maximum absolute atomic E-state index is 14.5. The third kappa shape index (κ3) is 3.41. The predicted octanol–water partition coefficient (Wildman–Crippen LogP) is 3.84. The van der Waals surface area contributed by atoms with Gasteiger partial charge in [-0.25, -0.2) is 8.78 Å². The van der Waals surface area contributed by atoms with E-state index >= 15 is 0 Å². The van der Waals surface area contributed by atoms with E-state index in [0.717, 1.165) is 11.6 Å². The molecule has 0 N–H and O–H groups in total. The Bertz CT molecular complexity index is 747. The molecule has 3 nitrogen and oxygen atoms in total. The van der Waals surface area contributed by atoms with E-state index in [1.165, 1.54) is 6.07 Å². The molecule has 0 unspecified atom stereocenters. The Morgan fingerprint density at radius 3 is 2.12 bits per heavy atom. The highest BCUT2D eigenvalue weighted by Gasteiger charge is 2.53. The summed E-state index contributed by atoms with van der Waals surface area (Å²) in [5.74, 6) is -1.76. The predicted molar refractivity (Wildman–Crippen MR) is 92.8 cm³/mol. The zero-order valence-corrected chi connectivity index (χ0v) is 14.8. The summed E-state index contributed by atoms with van der Waals surface area (Å²) in [5, 5.41) is 0. The molecule has 0 aliphatic carbocycles. The Labute approximate surface area is 147 Å². The molecule has 0 amide bonds. The van der Waals surface area contributed by atoms with Crippen molar-refractivity contribution in [3.8, 4) is 5.75 Å². The SMILES string of the molecule is CC1(C)OB(c2c(OCc3ccccc3)ccc(F)c2F)OC1(C)C. The minimum Gasteiger partial charge on any atom is -0.489 e. The summed E-state index contributed by atoms with van der Waals surface area (Å²) in [6, 6.07) is 11.9. The number of ether oxygens (including phenoxy) is 1. The Kier molecular flexibility index (Phi) is 4.60. The van der Waals surface area contributed by atoms with Gasteiger partial charge in [-0.3, -0.25) is 0 Å². The monoisotopic (exact) mass is 346 g/mol. The fraction of sp³-hybridized carbons (Fsp3) is 0.368. The molecule has 0 radical (unpaired) electrons. The van der Waals surface area contributed by atoms with Crippen molar-refractivity contribution in [2.75, 3.05) is 0 Å². The van der Waals surface area contributed by atoms with Crippen LogP contribution in [0.25, 0.3) is 0 Å². The maximum Gasteiger partial charge on any atom is 0.501 e. The number of benzene rings is 2. The van der Waals surface area contributed by atoms with Crippen molar-refractivity contribution in [3.05, 3.63) is 59.7 Å². The average Bonchev–Trinajstić information content (AvgIpc) is 2.77. The van der Waals surface area contributed by atoms with Crippen LogP contribution in [0.3, 0.4) is 0 Å². The number of hydrogen-bond acceptors (Lipinski definition) is 3. The van der Waals surface area contributed by atoms with Crippen LogP contribution < -0.4 is 10.2 Å². The Morgan fingerprint density at radius 2 is 1.52 bits per heavy atom. The summed E-state index contributed by atoms with van der Waals surface area (Å²) in [4.78, 5) is 0. The molecule has 3 rings (SSSR count). The van der Waals surface area contributed by atoms with Gasteiger partial charge in [-0.05, 0) is 45.4 Å². The van der Waals surface area contributed by atoms with Gasteiger partial charge in [0.1, 0.15) is 12.4 Å². The summed E-state index contributed by atoms with van der Waals surface area (Å²) < 4.78 is 45.8. The second kappa shape index (κ2) is 6.43. The minimum absolute atomic E-state index is 0.0467. The topological polar surface area (TPSA) is 27.7 Å². The molecule has 1 saturated heterocycles.